The highest BCUT2D eigenvalue weighted by molar-refractivity contribution is 7.80. The van der Waals surface area contributed by atoms with Crippen molar-refractivity contribution in [3.05, 3.63) is 68.2 Å². The smallest absolute Gasteiger partial charge is 0.265 e. The molecule has 2 aromatic rings. The van der Waals surface area contributed by atoms with Gasteiger partial charge in [-0.25, -0.2) is 0 Å². The van der Waals surface area contributed by atoms with Crippen molar-refractivity contribution in [2.24, 2.45) is 0 Å². The summed E-state index contributed by atoms with van der Waals surface area (Å²) in [6.07, 6.45) is 1.43. The third-order valence-electron chi connectivity index (χ3n) is 4.31. The van der Waals surface area contributed by atoms with Crippen LogP contribution in [-0.2, 0) is 16.2 Å². The normalized spacial score (nSPS) is 14.5. The number of thiocarbonyl (C=S) groups is 1. The van der Waals surface area contributed by atoms with Crippen LogP contribution in [0, 0.1) is 0 Å². The average Bonchev–Trinajstić information content (AvgIpc) is 2.69. The molecule has 5 nitrogen and oxygen atoms in total. The van der Waals surface area contributed by atoms with Crippen LogP contribution in [-0.4, -0.2) is 40.8 Å². The highest BCUT2D eigenvalue weighted by Gasteiger charge is 2.35. The van der Waals surface area contributed by atoms with Gasteiger partial charge < -0.3 is 4.74 Å². The van der Waals surface area contributed by atoms with Crippen molar-refractivity contribution >= 4 is 70.0 Å². The summed E-state index contributed by atoms with van der Waals surface area (Å²) in [7, 11) is 3.01. The van der Waals surface area contributed by atoms with Gasteiger partial charge in [-0.3, -0.25) is 19.4 Å². The van der Waals surface area contributed by atoms with Gasteiger partial charge in [0, 0.05) is 24.7 Å². The van der Waals surface area contributed by atoms with Crippen molar-refractivity contribution < 1.29 is 14.3 Å². The van der Waals surface area contributed by atoms with E-state index in [0.717, 1.165) is 5.56 Å². The van der Waals surface area contributed by atoms with Gasteiger partial charge in [0.1, 0.15) is 12.2 Å². The maximum atomic E-state index is 12.4. The molecule has 0 unspecified atom stereocenters. The van der Waals surface area contributed by atoms with E-state index in [9.17, 15) is 9.59 Å². The van der Waals surface area contributed by atoms with E-state index in [2.05, 4.69) is 0 Å². The molecule has 0 N–H and O–H groups in total. The number of benzene rings is 2. The summed E-state index contributed by atoms with van der Waals surface area (Å²) in [4.78, 5) is 27.3. The van der Waals surface area contributed by atoms with Crippen LogP contribution < -0.4 is 4.74 Å². The lowest BCUT2D eigenvalue weighted by atomic mass is 10.1. The van der Waals surface area contributed by atoms with Gasteiger partial charge in [0.15, 0.2) is 10.9 Å². The van der Waals surface area contributed by atoms with E-state index in [0.29, 0.717) is 10.6 Å². The number of amides is 2. The summed E-state index contributed by atoms with van der Waals surface area (Å²) in [6, 6.07) is 10.4. The lowest BCUT2D eigenvalue weighted by molar-refractivity contribution is -0.132. The molecule has 2 amide bonds. The molecule has 2 aromatic carbocycles. The number of likely N-dealkylation sites (N-methyl/N-ethyl adjacent to an activating group) is 2. The molecule has 0 atom stereocenters. The van der Waals surface area contributed by atoms with E-state index >= 15 is 0 Å². The molecule has 1 aliphatic rings. The zero-order valence-corrected chi connectivity index (χ0v) is 18.5. The molecule has 1 aliphatic heterocycles. The fourth-order valence-corrected chi connectivity index (χ4v) is 3.68. The molecule has 0 radical (unpaired) electrons. The molecular formula is C20H15Cl3N2O3S. The Hall–Kier alpha value is -2.12. The molecule has 1 heterocycles. The van der Waals surface area contributed by atoms with Crippen molar-refractivity contribution in [2.45, 2.75) is 6.61 Å². The summed E-state index contributed by atoms with van der Waals surface area (Å²) in [5, 5.41) is 1.19. The quantitative estimate of drug-likeness (QED) is 0.366. The van der Waals surface area contributed by atoms with Crippen molar-refractivity contribution in [1.29, 1.82) is 0 Å². The second-order valence-corrected chi connectivity index (χ2v) is 7.85. The number of rotatable bonds is 4. The molecular weight excluding hydrogens is 455 g/mol. The van der Waals surface area contributed by atoms with Gasteiger partial charge in [-0.05, 0) is 42.1 Å². The first kappa shape index (κ1) is 21.6. The third kappa shape index (κ3) is 4.41. The Bertz CT molecular complexity index is 1010. The van der Waals surface area contributed by atoms with Crippen LogP contribution in [0.1, 0.15) is 11.1 Å². The molecule has 0 saturated carbocycles. The standard InChI is InChI=1S/C20H15Cl3N2O3S/c1-24-18(26)13(19(27)25(2)20(24)29)7-11-8-15(22)17(16(23)9-11)28-10-12-5-3-4-6-14(12)21/h3-9H,10H2,1-2H3. The fraction of sp³-hybridized carbons (Fsp3) is 0.150. The Balaban J connectivity index is 1.88. The maximum absolute atomic E-state index is 12.4. The first-order valence-electron chi connectivity index (χ1n) is 8.37. The van der Waals surface area contributed by atoms with Crippen LogP contribution in [0.5, 0.6) is 5.75 Å². The van der Waals surface area contributed by atoms with Crippen LogP contribution in [0.15, 0.2) is 42.0 Å². The van der Waals surface area contributed by atoms with Crippen LogP contribution in [0.3, 0.4) is 0 Å². The zero-order chi connectivity index (χ0) is 21.3. The van der Waals surface area contributed by atoms with Crippen molar-refractivity contribution in [3.63, 3.8) is 0 Å². The Morgan fingerprint density at radius 1 is 0.966 bits per heavy atom. The lowest BCUT2D eigenvalue weighted by Gasteiger charge is -2.31. The monoisotopic (exact) mass is 468 g/mol. The van der Waals surface area contributed by atoms with Crippen LogP contribution in [0.25, 0.3) is 6.08 Å². The van der Waals surface area contributed by atoms with Crippen molar-refractivity contribution in [3.8, 4) is 5.75 Å². The molecule has 0 bridgehead atoms. The minimum Gasteiger partial charge on any atom is -0.486 e. The second-order valence-electron chi connectivity index (χ2n) is 6.26. The Morgan fingerprint density at radius 3 is 2.07 bits per heavy atom. The molecule has 0 spiro atoms. The lowest BCUT2D eigenvalue weighted by Crippen LogP contribution is -2.52. The molecule has 1 fully saturated rings. The largest absolute Gasteiger partial charge is 0.486 e. The van der Waals surface area contributed by atoms with Gasteiger partial charge in [0.2, 0.25) is 0 Å². The molecule has 9 heteroatoms. The Labute approximate surface area is 188 Å². The zero-order valence-electron chi connectivity index (χ0n) is 15.4. The fourth-order valence-electron chi connectivity index (χ4n) is 2.71. The van der Waals surface area contributed by atoms with Gasteiger partial charge >= 0.3 is 0 Å². The number of carbonyl (C=O) groups is 2. The number of hydrogen-bond acceptors (Lipinski definition) is 4. The number of ether oxygens (including phenoxy) is 1. The first-order valence-corrected chi connectivity index (χ1v) is 9.92. The van der Waals surface area contributed by atoms with Gasteiger partial charge in [-0.1, -0.05) is 53.0 Å². The van der Waals surface area contributed by atoms with Gasteiger partial charge in [-0.15, -0.1) is 0 Å². The molecule has 150 valence electrons. The number of halogens is 3. The summed E-state index contributed by atoms with van der Waals surface area (Å²) in [5.41, 5.74) is 1.23. The third-order valence-corrected chi connectivity index (χ3v) is 5.78. The second kappa shape index (κ2) is 8.71. The maximum Gasteiger partial charge on any atom is 0.265 e. The van der Waals surface area contributed by atoms with Crippen molar-refractivity contribution in [1.82, 2.24) is 9.80 Å². The predicted octanol–water partition coefficient (Wildman–Crippen LogP) is 4.82. The molecule has 29 heavy (non-hydrogen) atoms. The highest BCUT2D eigenvalue weighted by Crippen LogP contribution is 2.36. The highest BCUT2D eigenvalue weighted by atomic mass is 35.5. The topological polar surface area (TPSA) is 49.9 Å². The number of carbonyl (C=O) groups excluding carboxylic acids is 2. The summed E-state index contributed by atoms with van der Waals surface area (Å²) >= 11 is 23.9. The minimum atomic E-state index is -0.496. The van der Waals surface area contributed by atoms with E-state index in [1.54, 1.807) is 18.2 Å². The van der Waals surface area contributed by atoms with Crippen molar-refractivity contribution in [2.75, 3.05) is 14.1 Å². The van der Waals surface area contributed by atoms with E-state index < -0.39 is 11.8 Å². The average molecular weight is 470 g/mol. The number of hydrogen-bond donors (Lipinski definition) is 0. The summed E-state index contributed by atoms with van der Waals surface area (Å²) < 4.78 is 5.73. The Morgan fingerprint density at radius 2 is 1.52 bits per heavy atom. The summed E-state index contributed by atoms with van der Waals surface area (Å²) in [6.45, 7) is 0.184. The van der Waals surface area contributed by atoms with Crippen LogP contribution in [0.2, 0.25) is 15.1 Å². The summed E-state index contributed by atoms with van der Waals surface area (Å²) in [5.74, 6) is -0.708. The van der Waals surface area contributed by atoms with E-state index in [1.165, 1.54) is 30.0 Å². The van der Waals surface area contributed by atoms with E-state index in [-0.39, 0.29) is 33.1 Å². The Kier molecular flexibility index (Phi) is 6.49. The molecule has 0 aliphatic carbocycles. The minimum absolute atomic E-state index is 0.0412. The van der Waals surface area contributed by atoms with Crippen LogP contribution in [0.4, 0.5) is 0 Å². The van der Waals surface area contributed by atoms with Crippen LogP contribution >= 0.6 is 47.0 Å². The van der Waals surface area contributed by atoms with Gasteiger partial charge in [0.25, 0.3) is 11.8 Å². The van der Waals surface area contributed by atoms with E-state index in [4.69, 9.17) is 51.8 Å². The molecule has 3 rings (SSSR count). The number of nitrogens with zero attached hydrogens (tertiary/aromatic N) is 2. The van der Waals surface area contributed by atoms with E-state index in [1.807, 2.05) is 18.2 Å². The first-order chi connectivity index (χ1) is 13.7. The molecule has 0 aromatic heterocycles. The predicted molar refractivity (Wildman–Crippen MR) is 118 cm³/mol. The van der Waals surface area contributed by atoms with Gasteiger partial charge in [-0.2, -0.15) is 0 Å². The molecule has 1 saturated heterocycles. The SMILES string of the molecule is CN1C(=O)C(=Cc2cc(Cl)c(OCc3ccccc3Cl)c(Cl)c2)C(=O)N(C)C1=S. The van der Waals surface area contributed by atoms with Gasteiger partial charge in [0.05, 0.1) is 10.0 Å².